The van der Waals surface area contributed by atoms with Crippen LogP contribution in [0.4, 0.5) is 8.78 Å². The summed E-state index contributed by atoms with van der Waals surface area (Å²) in [5, 5.41) is 0.475. The SMILES string of the molecule is CC(C)Sc1ccc(C(C)(F)F)cc1. The van der Waals surface area contributed by atoms with E-state index in [2.05, 4.69) is 13.8 Å². The van der Waals surface area contributed by atoms with Crippen molar-refractivity contribution in [1.29, 1.82) is 0 Å². The number of hydrogen-bond acceptors (Lipinski definition) is 1. The Hall–Kier alpha value is -0.570. The molecule has 0 bridgehead atoms. The molecule has 14 heavy (non-hydrogen) atoms. The van der Waals surface area contributed by atoms with Crippen LogP contribution in [0.5, 0.6) is 0 Å². The molecule has 0 nitrogen and oxygen atoms in total. The molecule has 0 aliphatic heterocycles. The lowest BCUT2D eigenvalue weighted by Crippen LogP contribution is -2.06. The van der Waals surface area contributed by atoms with E-state index in [1.807, 2.05) is 0 Å². The van der Waals surface area contributed by atoms with E-state index in [4.69, 9.17) is 0 Å². The number of halogens is 2. The Labute approximate surface area is 87.7 Å². The van der Waals surface area contributed by atoms with Gasteiger partial charge in [0.05, 0.1) is 0 Å². The Morgan fingerprint density at radius 3 is 2.00 bits per heavy atom. The van der Waals surface area contributed by atoms with Crippen molar-refractivity contribution in [3.63, 3.8) is 0 Å². The maximum atomic E-state index is 12.8. The molecule has 78 valence electrons. The Kier molecular flexibility index (Phi) is 3.53. The molecule has 0 atom stereocenters. The molecule has 0 aliphatic carbocycles. The van der Waals surface area contributed by atoms with Crippen molar-refractivity contribution in [1.82, 2.24) is 0 Å². The minimum atomic E-state index is -2.74. The fraction of sp³-hybridized carbons (Fsp3) is 0.455. The zero-order valence-electron chi connectivity index (χ0n) is 8.55. The van der Waals surface area contributed by atoms with Crippen LogP contribution in [-0.4, -0.2) is 5.25 Å². The molecule has 0 fully saturated rings. The highest BCUT2D eigenvalue weighted by Gasteiger charge is 2.23. The van der Waals surface area contributed by atoms with Crippen LogP contribution in [0.1, 0.15) is 26.3 Å². The van der Waals surface area contributed by atoms with Crippen LogP contribution in [0.15, 0.2) is 29.2 Å². The first kappa shape index (κ1) is 11.5. The predicted octanol–water partition coefficient (Wildman–Crippen LogP) is 4.30. The maximum absolute atomic E-state index is 12.8. The first-order valence-corrected chi connectivity index (χ1v) is 5.42. The summed E-state index contributed by atoms with van der Waals surface area (Å²) >= 11 is 1.67. The normalized spacial score (nSPS) is 12.1. The Bertz CT molecular complexity index is 285. The first-order valence-electron chi connectivity index (χ1n) is 4.54. The monoisotopic (exact) mass is 216 g/mol. The van der Waals surface area contributed by atoms with Crippen molar-refractivity contribution < 1.29 is 8.78 Å². The third-order valence-corrected chi connectivity index (χ3v) is 2.75. The molecule has 1 aromatic rings. The van der Waals surface area contributed by atoms with Gasteiger partial charge in [0.25, 0.3) is 5.92 Å². The zero-order chi connectivity index (χ0) is 10.8. The average molecular weight is 216 g/mol. The summed E-state index contributed by atoms with van der Waals surface area (Å²) in [4.78, 5) is 1.04. The van der Waals surface area contributed by atoms with Crippen molar-refractivity contribution in [2.24, 2.45) is 0 Å². The second-order valence-corrected chi connectivity index (χ2v) is 5.23. The van der Waals surface area contributed by atoms with Crippen LogP contribution in [0.3, 0.4) is 0 Å². The van der Waals surface area contributed by atoms with Gasteiger partial charge in [0.15, 0.2) is 0 Å². The van der Waals surface area contributed by atoms with E-state index in [0.29, 0.717) is 5.25 Å². The molecular weight excluding hydrogens is 202 g/mol. The molecule has 0 spiro atoms. The number of hydrogen-bond donors (Lipinski definition) is 0. The van der Waals surface area contributed by atoms with E-state index in [1.165, 1.54) is 12.1 Å². The van der Waals surface area contributed by atoms with E-state index in [-0.39, 0.29) is 5.56 Å². The lowest BCUT2D eigenvalue weighted by molar-refractivity contribution is 0.0174. The van der Waals surface area contributed by atoms with Crippen molar-refractivity contribution in [2.75, 3.05) is 0 Å². The third kappa shape index (κ3) is 3.29. The minimum Gasteiger partial charge on any atom is -0.202 e. The average Bonchev–Trinajstić information content (AvgIpc) is 2.02. The van der Waals surface area contributed by atoms with Gasteiger partial charge in [0.1, 0.15) is 0 Å². The number of alkyl halides is 2. The smallest absolute Gasteiger partial charge is 0.202 e. The van der Waals surface area contributed by atoms with Crippen LogP contribution in [0, 0.1) is 0 Å². The topological polar surface area (TPSA) is 0 Å². The molecule has 1 rings (SSSR count). The van der Waals surface area contributed by atoms with Crippen molar-refractivity contribution in [3.05, 3.63) is 29.8 Å². The molecular formula is C11H14F2S. The van der Waals surface area contributed by atoms with E-state index in [0.717, 1.165) is 11.8 Å². The van der Waals surface area contributed by atoms with Gasteiger partial charge in [-0.2, -0.15) is 0 Å². The summed E-state index contributed by atoms with van der Waals surface area (Å²) in [5.41, 5.74) is 0.0746. The Morgan fingerprint density at radius 2 is 1.64 bits per heavy atom. The number of thioether (sulfide) groups is 1. The molecule has 0 radical (unpaired) electrons. The quantitative estimate of drug-likeness (QED) is 0.679. The number of benzene rings is 1. The molecule has 0 aliphatic rings. The van der Waals surface area contributed by atoms with Gasteiger partial charge in [-0.05, 0) is 12.1 Å². The lowest BCUT2D eigenvalue weighted by Gasteiger charge is -2.11. The molecule has 0 saturated heterocycles. The van der Waals surface area contributed by atoms with E-state index in [9.17, 15) is 8.78 Å². The standard InChI is InChI=1S/C11H14F2S/c1-8(2)14-10-6-4-9(5-7-10)11(3,12)13/h4-8H,1-3H3. The van der Waals surface area contributed by atoms with Gasteiger partial charge in [-0.1, -0.05) is 26.0 Å². The van der Waals surface area contributed by atoms with Crippen LogP contribution in [0.2, 0.25) is 0 Å². The highest BCUT2D eigenvalue weighted by Crippen LogP contribution is 2.29. The van der Waals surface area contributed by atoms with Gasteiger partial charge in [-0.25, -0.2) is 8.78 Å². The Morgan fingerprint density at radius 1 is 1.14 bits per heavy atom. The molecule has 0 N–H and O–H groups in total. The summed E-state index contributed by atoms with van der Waals surface area (Å²) in [6.45, 7) is 5.07. The van der Waals surface area contributed by atoms with Gasteiger partial charge in [-0.15, -0.1) is 11.8 Å². The molecule has 0 amide bonds. The fourth-order valence-corrected chi connectivity index (χ4v) is 1.94. The Balaban J connectivity index is 2.79. The van der Waals surface area contributed by atoms with Gasteiger partial charge >= 0.3 is 0 Å². The second-order valence-electron chi connectivity index (χ2n) is 3.58. The maximum Gasteiger partial charge on any atom is 0.270 e. The third-order valence-electron chi connectivity index (χ3n) is 1.73. The van der Waals surface area contributed by atoms with Gasteiger partial charge in [0, 0.05) is 22.6 Å². The molecule has 0 saturated carbocycles. The minimum absolute atomic E-state index is 0.0746. The van der Waals surface area contributed by atoms with Gasteiger partial charge in [-0.3, -0.25) is 0 Å². The summed E-state index contributed by atoms with van der Waals surface area (Å²) < 4.78 is 25.7. The van der Waals surface area contributed by atoms with Crippen molar-refractivity contribution >= 4 is 11.8 Å². The highest BCUT2D eigenvalue weighted by atomic mass is 32.2. The van der Waals surface area contributed by atoms with Crippen molar-refractivity contribution in [3.8, 4) is 0 Å². The van der Waals surface area contributed by atoms with E-state index >= 15 is 0 Å². The molecule has 0 unspecified atom stereocenters. The molecule has 0 aromatic heterocycles. The molecule has 0 heterocycles. The second kappa shape index (κ2) is 4.30. The van der Waals surface area contributed by atoms with Crippen LogP contribution in [-0.2, 0) is 5.92 Å². The summed E-state index contributed by atoms with van der Waals surface area (Å²) in [6, 6.07) is 6.48. The number of rotatable bonds is 3. The zero-order valence-corrected chi connectivity index (χ0v) is 9.37. The fourth-order valence-electron chi connectivity index (χ4n) is 1.10. The summed E-state index contributed by atoms with van der Waals surface area (Å²) in [5.74, 6) is -2.74. The van der Waals surface area contributed by atoms with E-state index in [1.54, 1.807) is 23.9 Å². The van der Waals surface area contributed by atoms with Crippen LogP contribution in [0.25, 0.3) is 0 Å². The first-order chi connectivity index (χ1) is 6.39. The summed E-state index contributed by atoms with van der Waals surface area (Å²) in [7, 11) is 0. The van der Waals surface area contributed by atoms with Gasteiger partial charge in [0.2, 0.25) is 0 Å². The lowest BCUT2D eigenvalue weighted by atomic mass is 10.1. The summed E-state index contributed by atoms with van der Waals surface area (Å²) in [6.07, 6.45) is 0. The van der Waals surface area contributed by atoms with Gasteiger partial charge < -0.3 is 0 Å². The molecule has 1 aromatic carbocycles. The van der Waals surface area contributed by atoms with Crippen LogP contribution >= 0.6 is 11.8 Å². The highest BCUT2D eigenvalue weighted by molar-refractivity contribution is 7.99. The molecule has 3 heteroatoms. The predicted molar refractivity (Wildman–Crippen MR) is 57.0 cm³/mol. The van der Waals surface area contributed by atoms with E-state index < -0.39 is 5.92 Å². The van der Waals surface area contributed by atoms with Crippen LogP contribution < -0.4 is 0 Å². The van der Waals surface area contributed by atoms with Crippen molar-refractivity contribution in [2.45, 2.75) is 36.8 Å². The largest absolute Gasteiger partial charge is 0.270 e.